The molecule has 0 spiro atoms. The number of pyridine rings is 1. The van der Waals surface area contributed by atoms with E-state index in [4.69, 9.17) is 4.99 Å². The first-order valence-electron chi connectivity index (χ1n) is 10.6. The Balaban J connectivity index is 0.00000300. The number of nitrogens with one attached hydrogen (secondary N) is 1. The zero-order valence-corrected chi connectivity index (χ0v) is 20.3. The van der Waals surface area contributed by atoms with Gasteiger partial charge in [0.1, 0.15) is 0 Å². The summed E-state index contributed by atoms with van der Waals surface area (Å²) in [5, 5.41) is 3.41. The summed E-state index contributed by atoms with van der Waals surface area (Å²) in [6.07, 6.45) is 4.11. The molecule has 2 fully saturated rings. The summed E-state index contributed by atoms with van der Waals surface area (Å²) in [5.74, 6) is 1.22. The Bertz CT molecular complexity index is 684. The molecule has 29 heavy (non-hydrogen) atoms. The van der Waals surface area contributed by atoms with Crippen molar-refractivity contribution in [2.45, 2.75) is 46.2 Å². The van der Waals surface area contributed by atoms with Gasteiger partial charge in [0.15, 0.2) is 5.96 Å². The molecule has 1 aromatic heterocycles. The van der Waals surface area contributed by atoms with Gasteiger partial charge in [-0.2, -0.15) is 0 Å². The van der Waals surface area contributed by atoms with Crippen molar-refractivity contribution in [1.29, 1.82) is 0 Å². The maximum absolute atomic E-state index is 12.7. The van der Waals surface area contributed by atoms with Crippen molar-refractivity contribution in [2.24, 2.45) is 4.99 Å². The van der Waals surface area contributed by atoms with E-state index in [1.165, 1.54) is 5.56 Å². The van der Waals surface area contributed by atoms with Gasteiger partial charge in [-0.1, -0.05) is 6.07 Å². The van der Waals surface area contributed by atoms with Gasteiger partial charge in [-0.15, -0.1) is 24.0 Å². The number of piperazine rings is 1. The molecule has 1 aromatic rings. The van der Waals surface area contributed by atoms with Crippen LogP contribution in [0.1, 0.15) is 37.9 Å². The van der Waals surface area contributed by atoms with Gasteiger partial charge in [0, 0.05) is 52.0 Å². The van der Waals surface area contributed by atoms with Crippen molar-refractivity contribution >= 4 is 35.8 Å². The van der Waals surface area contributed by atoms with E-state index in [2.05, 4.69) is 46.9 Å². The maximum atomic E-state index is 12.7. The highest BCUT2D eigenvalue weighted by atomic mass is 127. The topological polar surface area (TPSA) is 64.1 Å². The zero-order chi connectivity index (χ0) is 19.9. The van der Waals surface area contributed by atoms with E-state index in [1.54, 1.807) is 0 Å². The number of guanidine groups is 1. The summed E-state index contributed by atoms with van der Waals surface area (Å²) < 4.78 is 0. The van der Waals surface area contributed by atoms with Crippen molar-refractivity contribution in [1.82, 2.24) is 25.0 Å². The molecule has 0 saturated carbocycles. The van der Waals surface area contributed by atoms with Crippen LogP contribution in [-0.4, -0.2) is 83.4 Å². The number of hydrogen-bond donors (Lipinski definition) is 1. The van der Waals surface area contributed by atoms with E-state index in [0.29, 0.717) is 6.54 Å². The van der Waals surface area contributed by atoms with Crippen LogP contribution in [0.15, 0.2) is 23.3 Å². The van der Waals surface area contributed by atoms with E-state index in [0.717, 1.165) is 70.3 Å². The Morgan fingerprint density at radius 1 is 1.17 bits per heavy atom. The predicted molar refractivity (Wildman–Crippen MR) is 128 cm³/mol. The molecule has 2 aliphatic rings. The van der Waals surface area contributed by atoms with Gasteiger partial charge in [0.05, 0.1) is 18.3 Å². The summed E-state index contributed by atoms with van der Waals surface area (Å²) in [5.41, 5.74) is 2.18. The standard InChI is InChI=1S/C21H34N6O.HI/c1-4-22-21(24-16-19-17(2)8-7-9-23-19)27-14-12-25(13-15-27)18(3)20(28)26-10-5-6-11-26;/h7-9,18H,4-6,10-16H2,1-3H3,(H,22,24);1H. The van der Waals surface area contributed by atoms with Gasteiger partial charge >= 0.3 is 0 Å². The molecule has 0 aliphatic carbocycles. The van der Waals surface area contributed by atoms with Crippen molar-refractivity contribution in [3.8, 4) is 0 Å². The summed E-state index contributed by atoms with van der Waals surface area (Å²) in [6, 6.07) is 4.00. The predicted octanol–water partition coefficient (Wildman–Crippen LogP) is 2.10. The minimum Gasteiger partial charge on any atom is -0.357 e. The van der Waals surface area contributed by atoms with Crippen LogP contribution in [0, 0.1) is 6.92 Å². The quantitative estimate of drug-likeness (QED) is 0.371. The van der Waals surface area contributed by atoms with Gasteiger partial charge in [0.2, 0.25) is 5.91 Å². The Labute approximate surface area is 192 Å². The minimum absolute atomic E-state index is 0. The van der Waals surface area contributed by atoms with Crippen LogP contribution in [0.3, 0.4) is 0 Å². The summed E-state index contributed by atoms with van der Waals surface area (Å²) in [6.45, 7) is 13.0. The molecule has 1 N–H and O–H groups in total. The molecule has 0 aromatic carbocycles. The number of aliphatic imine (C=N–C) groups is 1. The normalized spacial score (nSPS) is 19.1. The Morgan fingerprint density at radius 3 is 2.48 bits per heavy atom. The van der Waals surface area contributed by atoms with Gasteiger partial charge in [-0.05, 0) is 45.2 Å². The van der Waals surface area contributed by atoms with Crippen molar-refractivity contribution < 1.29 is 4.79 Å². The first-order valence-corrected chi connectivity index (χ1v) is 10.6. The number of likely N-dealkylation sites (tertiary alicyclic amines) is 1. The van der Waals surface area contributed by atoms with Gasteiger partial charge in [-0.25, -0.2) is 4.99 Å². The third kappa shape index (κ3) is 6.28. The fourth-order valence-electron chi connectivity index (χ4n) is 3.94. The van der Waals surface area contributed by atoms with Crippen LogP contribution in [0.2, 0.25) is 0 Å². The summed E-state index contributed by atoms with van der Waals surface area (Å²) in [7, 11) is 0. The third-order valence-corrected chi connectivity index (χ3v) is 5.77. The van der Waals surface area contributed by atoms with Crippen LogP contribution in [0.5, 0.6) is 0 Å². The number of hydrogen-bond acceptors (Lipinski definition) is 4. The number of aromatic nitrogens is 1. The first-order chi connectivity index (χ1) is 13.6. The molecule has 2 aliphatic heterocycles. The van der Waals surface area contributed by atoms with Crippen LogP contribution in [-0.2, 0) is 11.3 Å². The Hall–Kier alpha value is -1.42. The number of carbonyl (C=O) groups excluding carboxylic acids is 1. The smallest absolute Gasteiger partial charge is 0.239 e. The van der Waals surface area contributed by atoms with Crippen LogP contribution in [0.4, 0.5) is 0 Å². The van der Waals surface area contributed by atoms with Crippen LogP contribution in [0.25, 0.3) is 0 Å². The second-order valence-corrected chi connectivity index (χ2v) is 7.67. The number of amides is 1. The highest BCUT2D eigenvalue weighted by Gasteiger charge is 2.30. The first kappa shape index (κ1) is 23.9. The fraction of sp³-hybridized carbons (Fsp3) is 0.667. The number of halogens is 1. The lowest BCUT2D eigenvalue weighted by atomic mass is 10.2. The number of carbonyl (C=O) groups is 1. The molecular formula is C21H35IN6O. The average Bonchev–Trinajstić information content (AvgIpc) is 3.26. The molecule has 0 radical (unpaired) electrons. The lowest BCUT2D eigenvalue weighted by Gasteiger charge is -2.39. The highest BCUT2D eigenvalue weighted by Crippen LogP contribution is 2.14. The number of rotatable bonds is 5. The molecule has 1 atom stereocenters. The monoisotopic (exact) mass is 514 g/mol. The fourth-order valence-corrected chi connectivity index (χ4v) is 3.94. The molecular weight excluding hydrogens is 479 g/mol. The largest absolute Gasteiger partial charge is 0.357 e. The van der Waals surface area contributed by atoms with Crippen molar-refractivity contribution in [3.05, 3.63) is 29.6 Å². The second-order valence-electron chi connectivity index (χ2n) is 7.67. The number of nitrogens with zero attached hydrogens (tertiary/aromatic N) is 5. The zero-order valence-electron chi connectivity index (χ0n) is 17.9. The molecule has 3 rings (SSSR count). The summed E-state index contributed by atoms with van der Waals surface area (Å²) in [4.78, 5) is 28.6. The maximum Gasteiger partial charge on any atom is 0.239 e. The van der Waals surface area contributed by atoms with Crippen molar-refractivity contribution in [3.63, 3.8) is 0 Å². The summed E-state index contributed by atoms with van der Waals surface area (Å²) >= 11 is 0. The van der Waals surface area contributed by atoms with Gasteiger partial charge in [-0.3, -0.25) is 14.7 Å². The number of aryl methyl sites for hydroxylation is 1. The SMILES string of the molecule is CCNC(=NCc1ncccc1C)N1CCN(C(C)C(=O)N2CCCC2)CC1.I. The van der Waals surface area contributed by atoms with E-state index in [1.807, 2.05) is 17.2 Å². The lowest BCUT2D eigenvalue weighted by Crippen LogP contribution is -2.57. The van der Waals surface area contributed by atoms with E-state index in [9.17, 15) is 4.79 Å². The molecule has 2 saturated heterocycles. The molecule has 1 amide bonds. The highest BCUT2D eigenvalue weighted by molar-refractivity contribution is 14.0. The lowest BCUT2D eigenvalue weighted by molar-refractivity contribution is -0.135. The molecule has 7 nitrogen and oxygen atoms in total. The third-order valence-electron chi connectivity index (χ3n) is 5.77. The van der Waals surface area contributed by atoms with Crippen molar-refractivity contribution in [2.75, 3.05) is 45.8 Å². The van der Waals surface area contributed by atoms with Gasteiger partial charge < -0.3 is 15.1 Å². The van der Waals surface area contributed by atoms with Crippen LogP contribution < -0.4 is 5.32 Å². The molecule has 0 bridgehead atoms. The molecule has 1 unspecified atom stereocenters. The second kappa shape index (κ2) is 11.7. The Morgan fingerprint density at radius 2 is 1.86 bits per heavy atom. The van der Waals surface area contributed by atoms with Gasteiger partial charge in [0.25, 0.3) is 0 Å². The Kier molecular flexibility index (Phi) is 9.61. The average molecular weight is 514 g/mol. The van der Waals surface area contributed by atoms with E-state index in [-0.39, 0.29) is 35.9 Å². The van der Waals surface area contributed by atoms with Crippen LogP contribution >= 0.6 is 24.0 Å². The molecule has 162 valence electrons. The molecule has 8 heteroatoms. The van der Waals surface area contributed by atoms with E-state index < -0.39 is 0 Å². The minimum atomic E-state index is -0.0315. The molecule has 3 heterocycles. The van der Waals surface area contributed by atoms with E-state index >= 15 is 0 Å².